The Kier molecular flexibility index (Phi) is 2.26. The van der Waals surface area contributed by atoms with Gasteiger partial charge in [-0.25, -0.2) is 4.79 Å². The quantitative estimate of drug-likeness (QED) is 0.475. The van der Waals surface area contributed by atoms with E-state index in [1.165, 1.54) is 0 Å². The predicted molar refractivity (Wildman–Crippen MR) is 40.9 cm³/mol. The smallest absolute Gasteiger partial charge is 0.331 e. The summed E-state index contributed by atoms with van der Waals surface area (Å²) >= 11 is 0. The second-order valence-electron chi connectivity index (χ2n) is 2.80. The molecule has 0 aliphatic heterocycles. The number of nitrogens with two attached hydrogens (primary N) is 2. The van der Waals surface area contributed by atoms with Gasteiger partial charge >= 0.3 is 5.97 Å². The Morgan fingerprint density at radius 1 is 1.55 bits per heavy atom. The maximum Gasteiger partial charge on any atom is 0.331 e. The van der Waals surface area contributed by atoms with Crippen molar-refractivity contribution in [1.29, 1.82) is 0 Å². The number of aliphatic carboxylic acids is 1. The Morgan fingerprint density at radius 2 is 2.18 bits per heavy atom. The van der Waals surface area contributed by atoms with Crippen molar-refractivity contribution in [2.24, 2.45) is 11.5 Å². The second kappa shape index (κ2) is 3.02. The first kappa shape index (κ1) is 8.23. The fourth-order valence-corrected chi connectivity index (χ4v) is 1.12. The Morgan fingerprint density at radius 3 is 2.64 bits per heavy atom. The van der Waals surface area contributed by atoms with E-state index in [2.05, 4.69) is 0 Å². The minimum absolute atomic E-state index is 0.0851. The molecule has 0 saturated carbocycles. The summed E-state index contributed by atoms with van der Waals surface area (Å²) in [4.78, 5) is 10.4. The van der Waals surface area contributed by atoms with Crippen molar-refractivity contribution in [1.82, 2.24) is 0 Å². The summed E-state index contributed by atoms with van der Waals surface area (Å²) < 4.78 is 0. The van der Waals surface area contributed by atoms with E-state index in [4.69, 9.17) is 16.6 Å². The summed E-state index contributed by atoms with van der Waals surface area (Å²) in [7, 11) is 0. The van der Waals surface area contributed by atoms with Crippen LogP contribution in [0.2, 0.25) is 0 Å². The van der Waals surface area contributed by atoms with Crippen molar-refractivity contribution < 1.29 is 9.90 Å². The molecular formula is C7H12N2O2. The first-order valence-electron chi connectivity index (χ1n) is 3.54. The third-order valence-corrected chi connectivity index (χ3v) is 1.92. The molecule has 0 bridgehead atoms. The monoisotopic (exact) mass is 156 g/mol. The Hall–Kier alpha value is -0.870. The van der Waals surface area contributed by atoms with Crippen LogP contribution in [0.5, 0.6) is 0 Å². The van der Waals surface area contributed by atoms with E-state index in [1.807, 2.05) is 0 Å². The van der Waals surface area contributed by atoms with Gasteiger partial charge in [-0.15, -0.1) is 0 Å². The molecule has 0 aromatic heterocycles. The molecule has 0 aromatic carbocycles. The van der Waals surface area contributed by atoms with Crippen LogP contribution < -0.4 is 11.5 Å². The molecule has 0 aromatic rings. The summed E-state index contributed by atoms with van der Waals surface area (Å²) in [5, 5.41) is 8.58. The first-order valence-corrected chi connectivity index (χ1v) is 3.54. The molecule has 2 atom stereocenters. The van der Waals surface area contributed by atoms with Crippen LogP contribution in [0.3, 0.4) is 0 Å². The SMILES string of the molecule is NC1CC=C(C(=O)O)CC1N. The largest absolute Gasteiger partial charge is 0.478 e. The lowest BCUT2D eigenvalue weighted by molar-refractivity contribution is -0.132. The molecule has 0 amide bonds. The van der Waals surface area contributed by atoms with Crippen molar-refractivity contribution in [2.45, 2.75) is 24.9 Å². The van der Waals surface area contributed by atoms with Gasteiger partial charge in [0.15, 0.2) is 0 Å². The lowest BCUT2D eigenvalue weighted by Gasteiger charge is -2.23. The summed E-state index contributed by atoms with van der Waals surface area (Å²) in [6.45, 7) is 0. The van der Waals surface area contributed by atoms with Crippen molar-refractivity contribution in [3.63, 3.8) is 0 Å². The van der Waals surface area contributed by atoms with E-state index in [1.54, 1.807) is 6.08 Å². The second-order valence-corrected chi connectivity index (χ2v) is 2.80. The van der Waals surface area contributed by atoms with Gasteiger partial charge in [-0.2, -0.15) is 0 Å². The molecule has 2 unspecified atom stereocenters. The topological polar surface area (TPSA) is 89.3 Å². The van der Waals surface area contributed by atoms with E-state index in [0.717, 1.165) is 0 Å². The van der Waals surface area contributed by atoms with Crippen LogP contribution in [-0.4, -0.2) is 23.2 Å². The highest BCUT2D eigenvalue weighted by Crippen LogP contribution is 2.15. The highest BCUT2D eigenvalue weighted by molar-refractivity contribution is 5.86. The minimum Gasteiger partial charge on any atom is -0.478 e. The number of hydrogen-bond acceptors (Lipinski definition) is 3. The Labute approximate surface area is 64.9 Å². The van der Waals surface area contributed by atoms with E-state index in [0.29, 0.717) is 18.4 Å². The molecule has 0 heterocycles. The van der Waals surface area contributed by atoms with Crippen LogP contribution >= 0.6 is 0 Å². The average molecular weight is 156 g/mol. The minimum atomic E-state index is -0.882. The van der Waals surface area contributed by atoms with Gasteiger partial charge in [-0.05, 0) is 12.8 Å². The molecule has 0 saturated heterocycles. The zero-order valence-corrected chi connectivity index (χ0v) is 6.16. The van der Waals surface area contributed by atoms with Gasteiger partial charge in [-0.1, -0.05) is 6.08 Å². The van der Waals surface area contributed by atoms with Crippen LogP contribution in [0.4, 0.5) is 0 Å². The molecule has 0 radical (unpaired) electrons. The predicted octanol–water partition coefficient (Wildman–Crippen LogP) is -0.554. The van der Waals surface area contributed by atoms with Gasteiger partial charge in [0.2, 0.25) is 0 Å². The molecule has 11 heavy (non-hydrogen) atoms. The zero-order valence-electron chi connectivity index (χ0n) is 6.16. The van der Waals surface area contributed by atoms with E-state index in [-0.39, 0.29) is 12.1 Å². The van der Waals surface area contributed by atoms with Crippen LogP contribution in [-0.2, 0) is 4.79 Å². The number of hydrogen-bond donors (Lipinski definition) is 3. The first-order chi connectivity index (χ1) is 5.11. The maximum absolute atomic E-state index is 10.4. The van der Waals surface area contributed by atoms with Crippen LogP contribution in [0.1, 0.15) is 12.8 Å². The molecule has 4 heteroatoms. The third-order valence-electron chi connectivity index (χ3n) is 1.92. The van der Waals surface area contributed by atoms with Crippen LogP contribution in [0.25, 0.3) is 0 Å². The maximum atomic E-state index is 10.4. The summed E-state index contributed by atoms with van der Waals surface area (Å²) in [5.74, 6) is -0.882. The molecule has 0 fully saturated rings. The average Bonchev–Trinajstić information content (AvgIpc) is 1.94. The molecule has 62 valence electrons. The number of carboxylic acids is 1. The summed E-state index contributed by atoms with van der Waals surface area (Å²) in [5.41, 5.74) is 11.5. The van der Waals surface area contributed by atoms with E-state index in [9.17, 15) is 4.79 Å². The van der Waals surface area contributed by atoms with Gasteiger partial charge in [-0.3, -0.25) is 0 Å². The third kappa shape index (κ3) is 1.78. The number of carboxylic acid groups (broad SMARTS) is 1. The lowest BCUT2D eigenvalue weighted by atomic mass is 9.92. The Balaban J connectivity index is 2.66. The summed E-state index contributed by atoms with van der Waals surface area (Å²) in [6.07, 6.45) is 2.61. The van der Waals surface area contributed by atoms with Gasteiger partial charge in [0.25, 0.3) is 0 Å². The zero-order chi connectivity index (χ0) is 8.43. The standard InChI is InChI=1S/C7H12N2O2/c8-5-2-1-4(7(10)11)3-6(5)9/h1,5-6H,2-3,8-9H2,(H,10,11). The van der Waals surface area contributed by atoms with Gasteiger partial charge < -0.3 is 16.6 Å². The highest BCUT2D eigenvalue weighted by atomic mass is 16.4. The molecular weight excluding hydrogens is 144 g/mol. The van der Waals surface area contributed by atoms with E-state index >= 15 is 0 Å². The highest BCUT2D eigenvalue weighted by Gasteiger charge is 2.22. The molecule has 4 nitrogen and oxygen atoms in total. The van der Waals surface area contributed by atoms with Gasteiger partial charge in [0.05, 0.1) is 0 Å². The number of rotatable bonds is 1. The molecule has 1 aliphatic carbocycles. The van der Waals surface area contributed by atoms with E-state index < -0.39 is 5.97 Å². The molecule has 0 spiro atoms. The van der Waals surface area contributed by atoms with Gasteiger partial charge in [0.1, 0.15) is 0 Å². The molecule has 1 aliphatic rings. The normalized spacial score (nSPS) is 31.3. The van der Waals surface area contributed by atoms with Crippen molar-refractivity contribution in [3.05, 3.63) is 11.6 Å². The Bertz CT molecular complexity index is 201. The lowest BCUT2D eigenvalue weighted by Crippen LogP contribution is -2.43. The van der Waals surface area contributed by atoms with Crippen molar-refractivity contribution in [2.75, 3.05) is 0 Å². The van der Waals surface area contributed by atoms with Crippen molar-refractivity contribution >= 4 is 5.97 Å². The summed E-state index contributed by atoms with van der Waals surface area (Å²) in [6, 6.07) is -0.288. The molecule has 5 N–H and O–H groups in total. The fourth-order valence-electron chi connectivity index (χ4n) is 1.12. The fraction of sp³-hybridized carbons (Fsp3) is 0.571. The van der Waals surface area contributed by atoms with Crippen LogP contribution in [0, 0.1) is 0 Å². The molecule has 1 rings (SSSR count). The van der Waals surface area contributed by atoms with Gasteiger partial charge in [0, 0.05) is 17.7 Å². The number of carbonyl (C=O) groups is 1. The van der Waals surface area contributed by atoms with Crippen LogP contribution in [0.15, 0.2) is 11.6 Å². The van der Waals surface area contributed by atoms with Crippen molar-refractivity contribution in [3.8, 4) is 0 Å².